The zero-order valence-corrected chi connectivity index (χ0v) is 18.1. The molecule has 0 radical (unpaired) electrons. The third-order valence-corrected chi connectivity index (χ3v) is 5.68. The summed E-state index contributed by atoms with van der Waals surface area (Å²) >= 11 is 0. The first-order valence-electron chi connectivity index (χ1n) is 9.61. The van der Waals surface area contributed by atoms with Crippen molar-refractivity contribution >= 4 is 21.6 Å². The molecule has 0 unspecified atom stereocenters. The van der Waals surface area contributed by atoms with Gasteiger partial charge in [-0.2, -0.15) is 0 Å². The number of methoxy groups -OCH3 is 1. The van der Waals surface area contributed by atoms with E-state index in [1.54, 1.807) is 25.4 Å². The van der Waals surface area contributed by atoms with Gasteiger partial charge in [-0.1, -0.05) is 24.3 Å². The SMILES string of the molecule is COCCOc1ccc(CNC(=O)c2cccc(S(=O)(=O)Nc3ccccc3F)c2)cn1. The van der Waals surface area contributed by atoms with Crippen LogP contribution in [0.15, 0.2) is 71.8 Å². The molecule has 0 bridgehead atoms. The molecule has 0 fully saturated rings. The van der Waals surface area contributed by atoms with Gasteiger partial charge in [-0.3, -0.25) is 9.52 Å². The van der Waals surface area contributed by atoms with Crippen LogP contribution in [-0.4, -0.2) is 39.6 Å². The quantitative estimate of drug-likeness (QED) is 0.452. The Kier molecular flexibility index (Phi) is 7.74. The number of ether oxygens (including phenoxy) is 2. The Morgan fingerprint density at radius 1 is 1.06 bits per heavy atom. The largest absolute Gasteiger partial charge is 0.475 e. The van der Waals surface area contributed by atoms with E-state index < -0.39 is 21.7 Å². The zero-order chi connectivity index (χ0) is 23.0. The molecule has 168 valence electrons. The van der Waals surface area contributed by atoms with Crippen molar-refractivity contribution in [1.82, 2.24) is 10.3 Å². The lowest BCUT2D eigenvalue weighted by atomic mass is 10.2. The molecular weight excluding hydrogens is 437 g/mol. The molecule has 2 N–H and O–H groups in total. The Labute approximate surface area is 185 Å². The number of benzene rings is 2. The van der Waals surface area contributed by atoms with Crippen LogP contribution in [0.1, 0.15) is 15.9 Å². The van der Waals surface area contributed by atoms with E-state index in [1.807, 2.05) is 0 Å². The molecule has 0 aliphatic rings. The van der Waals surface area contributed by atoms with Crippen molar-refractivity contribution in [1.29, 1.82) is 0 Å². The Morgan fingerprint density at radius 2 is 1.88 bits per heavy atom. The highest BCUT2D eigenvalue weighted by Crippen LogP contribution is 2.19. The van der Waals surface area contributed by atoms with Crippen LogP contribution in [0.2, 0.25) is 0 Å². The van der Waals surface area contributed by atoms with Crippen LogP contribution in [0.25, 0.3) is 0 Å². The lowest BCUT2D eigenvalue weighted by molar-refractivity contribution is 0.0950. The minimum atomic E-state index is -4.08. The summed E-state index contributed by atoms with van der Waals surface area (Å²) in [4.78, 5) is 16.5. The second kappa shape index (κ2) is 10.7. The maximum Gasteiger partial charge on any atom is 0.262 e. The van der Waals surface area contributed by atoms with Gasteiger partial charge in [0.05, 0.1) is 17.2 Å². The number of halogens is 1. The Balaban J connectivity index is 1.63. The Bertz CT molecular complexity index is 1170. The summed E-state index contributed by atoms with van der Waals surface area (Å²) in [6, 6.07) is 14.3. The third kappa shape index (κ3) is 6.25. The van der Waals surface area contributed by atoms with Crippen molar-refractivity contribution < 1.29 is 27.1 Å². The first kappa shape index (κ1) is 23.2. The van der Waals surface area contributed by atoms with Crippen LogP contribution in [0.5, 0.6) is 5.88 Å². The highest BCUT2D eigenvalue weighted by atomic mass is 32.2. The molecule has 0 aliphatic carbocycles. The van der Waals surface area contributed by atoms with Crippen LogP contribution in [-0.2, 0) is 21.3 Å². The molecule has 2 aromatic carbocycles. The fourth-order valence-electron chi connectivity index (χ4n) is 2.67. The average molecular weight is 459 g/mol. The fourth-order valence-corrected chi connectivity index (χ4v) is 3.78. The number of hydrogen-bond donors (Lipinski definition) is 2. The second-order valence-corrected chi connectivity index (χ2v) is 8.32. The standard InChI is InChI=1S/C22H22FN3O5S/c1-30-11-12-31-21-10-9-16(14-24-21)15-25-22(27)17-5-4-6-18(13-17)32(28,29)26-20-8-3-2-7-19(20)23/h2-10,13-14,26H,11-12,15H2,1H3,(H,25,27). The Morgan fingerprint density at radius 3 is 2.59 bits per heavy atom. The van der Waals surface area contributed by atoms with Crippen molar-refractivity contribution in [3.63, 3.8) is 0 Å². The van der Waals surface area contributed by atoms with E-state index in [0.29, 0.717) is 19.1 Å². The van der Waals surface area contributed by atoms with Crippen molar-refractivity contribution in [3.8, 4) is 5.88 Å². The van der Waals surface area contributed by atoms with E-state index in [0.717, 1.165) is 11.6 Å². The van der Waals surface area contributed by atoms with Gasteiger partial charge in [-0.15, -0.1) is 0 Å². The van der Waals surface area contributed by atoms with Gasteiger partial charge in [0, 0.05) is 31.5 Å². The van der Waals surface area contributed by atoms with E-state index in [1.165, 1.54) is 42.5 Å². The van der Waals surface area contributed by atoms with Crippen molar-refractivity contribution in [2.24, 2.45) is 0 Å². The number of para-hydroxylation sites is 1. The predicted molar refractivity (Wildman–Crippen MR) is 116 cm³/mol. The number of carbonyl (C=O) groups excluding carboxylic acids is 1. The number of amides is 1. The van der Waals surface area contributed by atoms with Gasteiger partial charge in [0.1, 0.15) is 12.4 Å². The maximum atomic E-state index is 13.8. The number of pyridine rings is 1. The molecule has 0 atom stereocenters. The van der Waals surface area contributed by atoms with Crippen LogP contribution < -0.4 is 14.8 Å². The molecule has 8 nitrogen and oxygen atoms in total. The number of nitrogens with one attached hydrogen (secondary N) is 2. The molecule has 3 aromatic rings. The van der Waals surface area contributed by atoms with Crippen LogP contribution in [0.4, 0.5) is 10.1 Å². The van der Waals surface area contributed by atoms with Crippen molar-refractivity contribution in [2.45, 2.75) is 11.4 Å². The number of anilines is 1. The van der Waals surface area contributed by atoms with Crippen LogP contribution >= 0.6 is 0 Å². The van der Waals surface area contributed by atoms with Crippen LogP contribution in [0, 0.1) is 5.82 Å². The van der Waals surface area contributed by atoms with E-state index in [2.05, 4.69) is 15.0 Å². The molecule has 1 amide bonds. The van der Waals surface area contributed by atoms with Gasteiger partial charge in [-0.25, -0.2) is 17.8 Å². The summed E-state index contributed by atoms with van der Waals surface area (Å²) in [5, 5.41) is 2.71. The normalized spacial score (nSPS) is 11.1. The highest BCUT2D eigenvalue weighted by molar-refractivity contribution is 7.92. The number of nitrogens with zero attached hydrogens (tertiary/aromatic N) is 1. The second-order valence-electron chi connectivity index (χ2n) is 6.64. The minimum absolute atomic E-state index is 0.147. The van der Waals surface area contributed by atoms with E-state index in [4.69, 9.17) is 9.47 Å². The predicted octanol–water partition coefficient (Wildman–Crippen LogP) is 2.98. The van der Waals surface area contributed by atoms with Gasteiger partial charge in [-0.05, 0) is 35.9 Å². The summed E-state index contributed by atoms with van der Waals surface area (Å²) in [7, 11) is -2.50. The van der Waals surface area contributed by atoms with Gasteiger partial charge in [0.2, 0.25) is 5.88 Å². The van der Waals surface area contributed by atoms with Gasteiger partial charge in [0.25, 0.3) is 15.9 Å². The van der Waals surface area contributed by atoms with E-state index in [9.17, 15) is 17.6 Å². The summed E-state index contributed by atoms with van der Waals surface area (Å²) in [5.74, 6) is -0.723. The lowest BCUT2D eigenvalue weighted by Crippen LogP contribution is -2.23. The molecule has 10 heteroatoms. The molecule has 1 heterocycles. The first-order chi connectivity index (χ1) is 15.4. The molecule has 32 heavy (non-hydrogen) atoms. The number of sulfonamides is 1. The van der Waals surface area contributed by atoms with E-state index in [-0.39, 0.29) is 22.7 Å². The number of carbonyl (C=O) groups is 1. The molecule has 0 aliphatic heterocycles. The topological polar surface area (TPSA) is 107 Å². The summed E-state index contributed by atoms with van der Waals surface area (Å²) in [6.45, 7) is 1.02. The highest BCUT2D eigenvalue weighted by Gasteiger charge is 2.18. The fraction of sp³-hybridized carbons (Fsp3) is 0.182. The van der Waals surface area contributed by atoms with Gasteiger partial charge < -0.3 is 14.8 Å². The van der Waals surface area contributed by atoms with Crippen molar-refractivity contribution in [2.75, 3.05) is 25.0 Å². The third-order valence-electron chi connectivity index (χ3n) is 4.31. The summed E-state index contributed by atoms with van der Waals surface area (Å²) in [6.07, 6.45) is 1.57. The maximum absolute atomic E-state index is 13.8. The molecule has 0 spiro atoms. The van der Waals surface area contributed by atoms with E-state index >= 15 is 0 Å². The summed E-state index contributed by atoms with van der Waals surface area (Å²) < 4.78 is 51.5. The Hall–Kier alpha value is -3.50. The minimum Gasteiger partial charge on any atom is -0.475 e. The monoisotopic (exact) mass is 459 g/mol. The van der Waals surface area contributed by atoms with Crippen LogP contribution in [0.3, 0.4) is 0 Å². The molecule has 0 saturated carbocycles. The number of aromatic nitrogens is 1. The first-order valence-corrected chi connectivity index (χ1v) is 11.1. The molecule has 1 aromatic heterocycles. The molecular formula is C22H22FN3O5S. The lowest BCUT2D eigenvalue weighted by Gasteiger charge is -2.10. The number of hydrogen-bond acceptors (Lipinski definition) is 6. The molecule has 0 saturated heterocycles. The smallest absolute Gasteiger partial charge is 0.262 e. The number of rotatable bonds is 10. The van der Waals surface area contributed by atoms with Gasteiger partial charge >= 0.3 is 0 Å². The van der Waals surface area contributed by atoms with Gasteiger partial charge in [0.15, 0.2) is 0 Å². The molecule has 3 rings (SSSR count). The van der Waals surface area contributed by atoms with Crippen molar-refractivity contribution in [3.05, 3.63) is 83.8 Å². The zero-order valence-electron chi connectivity index (χ0n) is 17.2. The average Bonchev–Trinajstić information content (AvgIpc) is 2.80. The summed E-state index contributed by atoms with van der Waals surface area (Å²) in [5.41, 5.74) is 0.709.